The summed E-state index contributed by atoms with van der Waals surface area (Å²) in [7, 11) is 0. The van der Waals surface area contributed by atoms with Gasteiger partial charge in [-0.25, -0.2) is 0 Å². The van der Waals surface area contributed by atoms with Crippen molar-refractivity contribution in [2.24, 2.45) is 11.8 Å². The smallest absolute Gasteiger partial charge is 0.0384 e. The zero-order valence-corrected chi connectivity index (χ0v) is 10.4. The second kappa shape index (κ2) is 5.53. The molecule has 0 spiro atoms. The molecule has 0 bridgehead atoms. The summed E-state index contributed by atoms with van der Waals surface area (Å²) < 4.78 is 0. The Kier molecular flexibility index (Phi) is 3.81. The maximum atomic E-state index is 3.44. The van der Waals surface area contributed by atoms with Crippen molar-refractivity contribution in [1.82, 2.24) is 0 Å². The van der Waals surface area contributed by atoms with Gasteiger partial charge in [-0.2, -0.15) is 0 Å². The van der Waals surface area contributed by atoms with E-state index >= 15 is 0 Å². The number of hydrogen-bond acceptors (Lipinski definition) is 1. The van der Waals surface area contributed by atoms with Gasteiger partial charge in [0.1, 0.15) is 0 Å². The molecule has 2 atom stereocenters. The van der Waals surface area contributed by atoms with Crippen molar-refractivity contribution in [2.45, 2.75) is 13.8 Å². The minimum atomic E-state index is 0.466. The average molecular weight is 225 g/mol. The van der Waals surface area contributed by atoms with Crippen LogP contribution in [0.2, 0.25) is 0 Å². The van der Waals surface area contributed by atoms with Crippen LogP contribution in [0.4, 0.5) is 5.69 Å². The Morgan fingerprint density at radius 3 is 2.35 bits per heavy atom. The van der Waals surface area contributed by atoms with Gasteiger partial charge in [0, 0.05) is 11.4 Å². The van der Waals surface area contributed by atoms with Crippen LogP contribution in [0.15, 0.2) is 66.4 Å². The molecule has 1 heteroatoms. The molecule has 2 rings (SSSR count). The van der Waals surface area contributed by atoms with Crippen LogP contribution in [0.5, 0.6) is 0 Å². The summed E-state index contributed by atoms with van der Waals surface area (Å²) in [6, 6.07) is 10.3. The number of nitrogens with one attached hydrogen (secondary N) is 1. The first-order chi connectivity index (χ1) is 8.24. The fraction of sp³-hybridized carbons (Fsp3) is 0.250. The third-order valence-electron chi connectivity index (χ3n) is 2.80. The molecule has 0 fully saturated rings. The molecule has 0 aliphatic heterocycles. The minimum absolute atomic E-state index is 0.466. The molecule has 1 aromatic rings. The molecule has 0 saturated heterocycles. The zero-order chi connectivity index (χ0) is 12.1. The second-order valence-corrected chi connectivity index (χ2v) is 4.58. The van der Waals surface area contributed by atoms with Crippen molar-refractivity contribution in [3.63, 3.8) is 0 Å². The Balaban J connectivity index is 2.17. The van der Waals surface area contributed by atoms with Gasteiger partial charge in [-0.1, -0.05) is 56.4 Å². The van der Waals surface area contributed by atoms with E-state index in [0.717, 1.165) is 5.69 Å². The summed E-state index contributed by atoms with van der Waals surface area (Å²) in [4.78, 5) is 0. The van der Waals surface area contributed by atoms with E-state index in [0.29, 0.717) is 11.8 Å². The average Bonchev–Trinajstić information content (AvgIpc) is 2.33. The number of rotatable bonds is 2. The van der Waals surface area contributed by atoms with E-state index in [-0.39, 0.29) is 0 Å². The first kappa shape index (κ1) is 11.7. The zero-order valence-electron chi connectivity index (χ0n) is 10.4. The highest BCUT2D eigenvalue weighted by molar-refractivity contribution is 5.50. The Bertz CT molecular complexity index is 440. The standard InChI is InChI=1S/C16H19N/c1-13-8-9-14(2)12-16(11-10-13)17-15-6-4-3-5-7-15/h3-14,17H,1-2H3/b9-8?,11-10-,16-12+. The van der Waals surface area contributed by atoms with Crippen molar-refractivity contribution < 1.29 is 0 Å². The predicted octanol–water partition coefficient (Wildman–Crippen LogP) is 4.38. The van der Waals surface area contributed by atoms with Gasteiger partial charge >= 0.3 is 0 Å². The van der Waals surface area contributed by atoms with E-state index in [4.69, 9.17) is 0 Å². The Hall–Kier alpha value is -1.76. The predicted molar refractivity (Wildman–Crippen MR) is 74.8 cm³/mol. The fourth-order valence-electron chi connectivity index (χ4n) is 1.84. The molecular formula is C16H19N. The highest BCUT2D eigenvalue weighted by Crippen LogP contribution is 2.16. The van der Waals surface area contributed by atoms with E-state index in [2.05, 4.69) is 61.7 Å². The third kappa shape index (κ3) is 3.63. The Morgan fingerprint density at radius 1 is 0.882 bits per heavy atom. The highest BCUT2D eigenvalue weighted by atomic mass is 14.9. The van der Waals surface area contributed by atoms with Gasteiger partial charge in [0.15, 0.2) is 0 Å². The second-order valence-electron chi connectivity index (χ2n) is 4.58. The minimum Gasteiger partial charge on any atom is -0.356 e. The summed E-state index contributed by atoms with van der Waals surface area (Å²) in [6.45, 7) is 4.40. The topological polar surface area (TPSA) is 12.0 Å². The van der Waals surface area contributed by atoms with Gasteiger partial charge in [0.2, 0.25) is 0 Å². The molecule has 88 valence electrons. The summed E-state index contributed by atoms with van der Waals surface area (Å²) in [5.41, 5.74) is 2.30. The van der Waals surface area contributed by atoms with Crippen molar-refractivity contribution in [3.05, 3.63) is 66.4 Å². The largest absolute Gasteiger partial charge is 0.356 e. The highest BCUT2D eigenvalue weighted by Gasteiger charge is 2.02. The first-order valence-corrected chi connectivity index (χ1v) is 6.14. The number of anilines is 1. The third-order valence-corrected chi connectivity index (χ3v) is 2.80. The molecule has 0 amide bonds. The van der Waals surface area contributed by atoms with E-state index in [1.165, 1.54) is 5.70 Å². The molecule has 0 heterocycles. The van der Waals surface area contributed by atoms with E-state index in [1.807, 2.05) is 18.2 Å². The number of allylic oxidation sites excluding steroid dienone is 5. The van der Waals surface area contributed by atoms with Gasteiger partial charge in [-0.15, -0.1) is 0 Å². The number of benzene rings is 1. The van der Waals surface area contributed by atoms with Gasteiger partial charge in [0.05, 0.1) is 0 Å². The Labute approximate surface area is 104 Å². The van der Waals surface area contributed by atoms with Crippen LogP contribution in [0.25, 0.3) is 0 Å². The number of para-hydroxylation sites is 1. The maximum Gasteiger partial charge on any atom is 0.0384 e. The van der Waals surface area contributed by atoms with E-state index < -0.39 is 0 Å². The molecule has 17 heavy (non-hydrogen) atoms. The molecule has 1 N–H and O–H groups in total. The summed E-state index contributed by atoms with van der Waals surface area (Å²) in [5, 5.41) is 3.44. The molecule has 0 aromatic heterocycles. The fourth-order valence-corrected chi connectivity index (χ4v) is 1.84. The van der Waals surface area contributed by atoms with Crippen LogP contribution in [0.1, 0.15) is 13.8 Å². The van der Waals surface area contributed by atoms with Crippen LogP contribution in [0, 0.1) is 11.8 Å². The van der Waals surface area contributed by atoms with Crippen LogP contribution in [-0.2, 0) is 0 Å². The van der Waals surface area contributed by atoms with E-state index in [1.54, 1.807) is 0 Å². The molecule has 1 aromatic carbocycles. The molecule has 1 nitrogen and oxygen atoms in total. The summed E-state index contributed by atoms with van der Waals surface area (Å²) >= 11 is 0. The molecule has 1 aliphatic carbocycles. The van der Waals surface area contributed by atoms with Crippen molar-refractivity contribution in [1.29, 1.82) is 0 Å². The molecule has 1 aliphatic rings. The summed E-state index contributed by atoms with van der Waals surface area (Å²) in [6.07, 6.45) is 11.1. The van der Waals surface area contributed by atoms with Gasteiger partial charge in [0.25, 0.3) is 0 Å². The van der Waals surface area contributed by atoms with Gasteiger partial charge < -0.3 is 5.32 Å². The number of hydrogen-bond donors (Lipinski definition) is 1. The quantitative estimate of drug-likeness (QED) is 0.736. The molecule has 2 unspecified atom stereocenters. The summed E-state index contributed by atoms with van der Waals surface area (Å²) in [5.74, 6) is 0.965. The van der Waals surface area contributed by atoms with E-state index in [9.17, 15) is 0 Å². The molecule has 0 saturated carbocycles. The lowest BCUT2D eigenvalue weighted by Gasteiger charge is -2.12. The van der Waals surface area contributed by atoms with Gasteiger partial charge in [-0.3, -0.25) is 0 Å². The van der Waals surface area contributed by atoms with Crippen LogP contribution in [-0.4, -0.2) is 0 Å². The van der Waals surface area contributed by atoms with Crippen LogP contribution < -0.4 is 5.32 Å². The van der Waals surface area contributed by atoms with Crippen LogP contribution in [0.3, 0.4) is 0 Å². The monoisotopic (exact) mass is 225 g/mol. The maximum absolute atomic E-state index is 3.44. The van der Waals surface area contributed by atoms with Crippen LogP contribution >= 0.6 is 0 Å². The van der Waals surface area contributed by atoms with Crippen molar-refractivity contribution >= 4 is 5.69 Å². The molecule has 0 radical (unpaired) electrons. The normalized spacial score (nSPS) is 28.7. The lowest BCUT2D eigenvalue weighted by molar-refractivity contribution is 0.867. The lowest BCUT2D eigenvalue weighted by Crippen LogP contribution is -2.01. The molecular weight excluding hydrogens is 206 g/mol. The SMILES string of the molecule is CC1C=CC(C)/C=C(Nc2ccccc2)\C=C/1. The van der Waals surface area contributed by atoms with Gasteiger partial charge in [-0.05, 0) is 30.0 Å². The van der Waals surface area contributed by atoms with Crippen molar-refractivity contribution in [3.8, 4) is 0 Å². The Morgan fingerprint density at radius 2 is 1.59 bits per heavy atom. The lowest BCUT2D eigenvalue weighted by atomic mass is 10.0. The van der Waals surface area contributed by atoms with Crippen molar-refractivity contribution in [2.75, 3.05) is 5.32 Å². The first-order valence-electron chi connectivity index (χ1n) is 6.14.